The van der Waals surface area contributed by atoms with E-state index in [-0.39, 0.29) is 5.91 Å². The highest BCUT2D eigenvalue weighted by Gasteiger charge is 2.16. The van der Waals surface area contributed by atoms with E-state index in [2.05, 4.69) is 55.0 Å². The van der Waals surface area contributed by atoms with Gasteiger partial charge in [-0.25, -0.2) is 5.43 Å². The molecule has 32 heavy (non-hydrogen) atoms. The van der Waals surface area contributed by atoms with Crippen LogP contribution in [0, 0.1) is 13.8 Å². The summed E-state index contributed by atoms with van der Waals surface area (Å²) in [5, 5.41) is 4.21. The first-order valence-corrected chi connectivity index (χ1v) is 11.5. The molecular formula is C25H27BrN4O2. The Labute approximate surface area is 197 Å². The fourth-order valence-corrected chi connectivity index (χ4v) is 4.50. The van der Waals surface area contributed by atoms with Gasteiger partial charge in [-0.15, -0.1) is 0 Å². The van der Waals surface area contributed by atoms with Crippen LogP contribution in [0.1, 0.15) is 32.9 Å². The second-order valence-corrected chi connectivity index (χ2v) is 8.65. The van der Waals surface area contributed by atoms with Crippen LogP contribution in [0.5, 0.6) is 0 Å². The fourth-order valence-electron chi connectivity index (χ4n) is 3.94. The van der Waals surface area contributed by atoms with Crippen LogP contribution in [-0.4, -0.2) is 47.9 Å². The summed E-state index contributed by atoms with van der Waals surface area (Å²) in [5.74, 6) is -0.229. The molecule has 0 radical (unpaired) electrons. The van der Waals surface area contributed by atoms with Crippen LogP contribution in [0.25, 0.3) is 5.69 Å². The highest BCUT2D eigenvalue weighted by atomic mass is 79.9. The van der Waals surface area contributed by atoms with Gasteiger partial charge in [0, 0.05) is 52.3 Å². The Morgan fingerprint density at radius 2 is 1.75 bits per heavy atom. The summed E-state index contributed by atoms with van der Waals surface area (Å²) >= 11 is 3.67. The van der Waals surface area contributed by atoms with Crippen LogP contribution in [0.15, 0.2) is 64.2 Å². The van der Waals surface area contributed by atoms with Gasteiger partial charge in [0.1, 0.15) is 0 Å². The minimum atomic E-state index is -0.229. The van der Waals surface area contributed by atoms with E-state index in [0.717, 1.165) is 60.0 Å². The lowest BCUT2D eigenvalue weighted by atomic mass is 10.1. The van der Waals surface area contributed by atoms with Crippen molar-refractivity contribution in [3.05, 3.63) is 87.1 Å². The summed E-state index contributed by atoms with van der Waals surface area (Å²) in [6.45, 7) is 8.41. The van der Waals surface area contributed by atoms with Crippen LogP contribution in [-0.2, 0) is 11.3 Å². The molecule has 1 aliphatic rings. The normalized spacial score (nSPS) is 14.7. The molecule has 6 nitrogen and oxygen atoms in total. The number of hydrazone groups is 1. The molecule has 1 amide bonds. The average Bonchev–Trinajstić information content (AvgIpc) is 3.03. The average molecular weight is 495 g/mol. The third-order valence-electron chi connectivity index (χ3n) is 5.71. The Morgan fingerprint density at radius 1 is 1.06 bits per heavy atom. The third-order valence-corrected chi connectivity index (χ3v) is 6.72. The van der Waals surface area contributed by atoms with E-state index in [1.165, 1.54) is 5.56 Å². The molecule has 166 valence electrons. The molecule has 7 heteroatoms. The second kappa shape index (κ2) is 10.3. The molecular weight excluding hydrogens is 468 g/mol. The van der Waals surface area contributed by atoms with Crippen LogP contribution in [0.3, 0.4) is 0 Å². The number of rotatable bonds is 6. The Bertz CT molecular complexity index is 1100. The zero-order valence-electron chi connectivity index (χ0n) is 18.3. The monoisotopic (exact) mass is 494 g/mol. The Kier molecular flexibility index (Phi) is 7.19. The summed E-state index contributed by atoms with van der Waals surface area (Å²) < 4.78 is 8.52. The standard InChI is InChI=1S/C25H27BrN4O2/c1-18-23(24(26)19(2)30(18)22-6-4-3-5-7-22)16-27-28-25(31)21-10-8-20(9-11-21)17-29-12-14-32-15-13-29/h3-11,16H,12-15,17H2,1-2H3,(H,28,31)/b27-16-. The summed E-state index contributed by atoms with van der Waals surface area (Å²) in [7, 11) is 0. The molecule has 0 saturated carbocycles. The van der Waals surface area contributed by atoms with Gasteiger partial charge in [-0.3, -0.25) is 9.69 Å². The second-order valence-electron chi connectivity index (χ2n) is 7.85. The van der Waals surface area contributed by atoms with Gasteiger partial charge >= 0.3 is 0 Å². The van der Waals surface area contributed by atoms with Gasteiger partial charge in [-0.1, -0.05) is 30.3 Å². The maximum Gasteiger partial charge on any atom is 0.271 e. The smallest absolute Gasteiger partial charge is 0.271 e. The van der Waals surface area contributed by atoms with Gasteiger partial charge in [-0.2, -0.15) is 5.10 Å². The van der Waals surface area contributed by atoms with Crippen LogP contribution >= 0.6 is 15.9 Å². The van der Waals surface area contributed by atoms with Crippen molar-refractivity contribution in [3.8, 4) is 5.69 Å². The minimum Gasteiger partial charge on any atom is -0.379 e. The SMILES string of the molecule is Cc1c(Br)c(/C=N\NC(=O)c2ccc(CN3CCOCC3)cc2)c(C)n1-c1ccccc1. The minimum absolute atomic E-state index is 0.229. The quantitative estimate of drug-likeness (QED) is 0.406. The number of para-hydroxylation sites is 1. The third kappa shape index (κ3) is 5.01. The summed E-state index contributed by atoms with van der Waals surface area (Å²) in [6.07, 6.45) is 1.69. The topological polar surface area (TPSA) is 58.9 Å². The van der Waals surface area contributed by atoms with E-state index in [1.54, 1.807) is 6.21 Å². The zero-order chi connectivity index (χ0) is 22.5. The van der Waals surface area contributed by atoms with Gasteiger partial charge in [0.15, 0.2) is 0 Å². The van der Waals surface area contributed by atoms with E-state index >= 15 is 0 Å². The van der Waals surface area contributed by atoms with Gasteiger partial charge < -0.3 is 9.30 Å². The highest BCUT2D eigenvalue weighted by molar-refractivity contribution is 9.10. The van der Waals surface area contributed by atoms with E-state index in [4.69, 9.17) is 4.74 Å². The molecule has 0 spiro atoms. The van der Waals surface area contributed by atoms with Crippen molar-refractivity contribution in [1.82, 2.24) is 14.9 Å². The first-order chi connectivity index (χ1) is 15.5. The van der Waals surface area contributed by atoms with Crippen LogP contribution in [0.4, 0.5) is 0 Å². The molecule has 1 aromatic heterocycles. The van der Waals surface area contributed by atoms with E-state index < -0.39 is 0 Å². The lowest BCUT2D eigenvalue weighted by Crippen LogP contribution is -2.35. The number of halogens is 1. The number of aromatic nitrogens is 1. The van der Waals surface area contributed by atoms with Crippen molar-refractivity contribution in [2.75, 3.05) is 26.3 Å². The van der Waals surface area contributed by atoms with Gasteiger partial charge in [0.25, 0.3) is 5.91 Å². The fraction of sp³-hybridized carbons (Fsp3) is 0.280. The molecule has 0 bridgehead atoms. The first kappa shape index (κ1) is 22.5. The number of benzene rings is 2. The molecule has 1 saturated heterocycles. The number of nitrogens with zero attached hydrogens (tertiary/aromatic N) is 3. The van der Waals surface area contributed by atoms with Crippen LogP contribution < -0.4 is 5.43 Å². The lowest BCUT2D eigenvalue weighted by molar-refractivity contribution is 0.0342. The molecule has 3 aromatic rings. The van der Waals surface area contributed by atoms with E-state index in [1.807, 2.05) is 49.4 Å². The number of hydrogen-bond donors (Lipinski definition) is 1. The number of amides is 1. The molecule has 2 heterocycles. The number of carbonyl (C=O) groups excluding carboxylic acids is 1. The van der Waals surface area contributed by atoms with Crippen molar-refractivity contribution in [1.29, 1.82) is 0 Å². The number of nitrogens with one attached hydrogen (secondary N) is 1. The number of carbonyl (C=O) groups is 1. The van der Waals surface area contributed by atoms with Gasteiger partial charge in [0.05, 0.1) is 19.4 Å². The number of morpholine rings is 1. The zero-order valence-corrected chi connectivity index (χ0v) is 19.9. The van der Waals surface area contributed by atoms with Crippen molar-refractivity contribution in [2.24, 2.45) is 5.10 Å². The molecule has 0 unspecified atom stereocenters. The molecule has 1 N–H and O–H groups in total. The van der Waals surface area contributed by atoms with E-state index in [9.17, 15) is 4.79 Å². The van der Waals surface area contributed by atoms with Crippen molar-refractivity contribution in [3.63, 3.8) is 0 Å². The van der Waals surface area contributed by atoms with E-state index in [0.29, 0.717) is 5.56 Å². The van der Waals surface area contributed by atoms with Crippen molar-refractivity contribution < 1.29 is 9.53 Å². The Balaban J connectivity index is 1.41. The summed E-state index contributed by atoms with van der Waals surface area (Å²) in [4.78, 5) is 14.9. The molecule has 1 fully saturated rings. The number of ether oxygens (including phenoxy) is 1. The van der Waals surface area contributed by atoms with Crippen molar-refractivity contribution >= 4 is 28.1 Å². The predicted octanol–water partition coefficient (Wildman–Crippen LogP) is 4.45. The number of hydrogen-bond acceptors (Lipinski definition) is 4. The Morgan fingerprint density at radius 3 is 2.44 bits per heavy atom. The molecule has 2 aromatic carbocycles. The van der Waals surface area contributed by atoms with Crippen molar-refractivity contribution in [2.45, 2.75) is 20.4 Å². The maximum absolute atomic E-state index is 12.5. The lowest BCUT2D eigenvalue weighted by Gasteiger charge is -2.26. The first-order valence-electron chi connectivity index (χ1n) is 10.7. The van der Waals surface area contributed by atoms with Gasteiger partial charge in [-0.05, 0) is 59.6 Å². The van der Waals surface area contributed by atoms with Gasteiger partial charge in [0.2, 0.25) is 0 Å². The largest absolute Gasteiger partial charge is 0.379 e. The molecule has 0 atom stereocenters. The Hall–Kier alpha value is -2.74. The summed E-state index contributed by atoms with van der Waals surface area (Å²) in [6, 6.07) is 17.9. The maximum atomic E-state index is 12.5. The highest BCUT2D eigenvalue weighted by Crippen LogP contribution is 2.29. The predicted molar refractivity (Wildman–Crippen MR) is 131 cm³/mol. The molecule has 0 aliphatic carbocycles. The summed E-state index contributed by atoms with van der Waals surface area (Å²) in [5.41, 5.74) is 8.57. The molecule has 4 rings (SSSR count). The van der Waals surface area contributed by atoms with Crippen LogP contribution in [0.2, 0.25) is 0 Å². The molecule has 1 aliphatic heterocycles.